The molecule has 0 saturated carbocycles. The fourth-order valence-corrected chi connectivity index (χ4v) is 2.14. The second kappa shape index (κ2) is 7.77. The highest BCUT2D eigenvalue weighted by molar-refractivity contribution is 6.32. The van der Waals surface area contributed by atoms with E-state index in [1.807, 2.05) is 0 Å². The maximum atomic E-state index is 12.1. The predicted molar refractivity (Wildman–Crippen MR) is 84.0 cm³/mol. The van der Waals surface area contributed by atoms with E-state index in [1.165, 1.54) is 10.9 Å². The molecule has 7 heteroatoms. The van der Waals surface area contributed by atoms with Gasteiger partial charge in [-0.15, -0.1) is 0 Å². The fraction of sp³-hybridized carbons (Fsp3) is 0.714. The number of methoxy groups -OCH3 is 1. The van der Waals surface area contributed by atoms with E-state index < -0.39 is 0 Å². The molecule has 1 heterocycles. The summed E-state index contributed by atoms with van der Waals surface area (Å²) in [6.07, 6.45) is 2.10. The van der Waals surface area contributed by atoms with Crippen molar-refractivity contribution in [1.82, 2.24) is 9.78 Å². The molecule has 0 spiro atoms. The van der Waals surface area contributed by atoms with Crippen LogP contribution in [0.15, 0.2) is 11.0 Å². The van der Waals surface area contributed by atoms with E-state index in [9.17, 15) is 9.90 Å². The molecule has 1 atom stereocenters. The zero-order valence-electron chi connectivity index (χ0n) is 13.0. The van der Waals surface area contributed by atoms with Crippen LogP contribution in [0.3, 0.4) is 0 Å². The maximum Gasteiger partial charge on any atom is 0.287 e. The topological polar surface area (TPSA) is 76.4 Å². The molecule has 0 aliphatic rings. The Hall–Kier alpha value is -1.11. The molecule has 0 radical (unpaired) electrons. The van der Waals surface area contributed by atoms with Crippen LogP contribution in [0, 0.1) is 5.41 Å². The maximum absolute atomic E-state index is 12.1. The highest BCUT2D eigenvalue weighted by atomic mass is 35.5. The molecule has 0 aliphatic heterocycles. The number of anilines is 1. The van der Waals surface area contributed by atoms with Crippen molar-refractivity contribution < 1.29 is 9.84 Å². The van der Waals surface area contributed by atoms with Gasteiger partial charge in [0.25, 0.3) is 5.56 Å². The van der Waals surface area contributed by atoms with Crippen LogP contribution in [0.5, 0.6) is 0 Å². The lowest BCUT2D eigenvalue weighted by molar-refractivity contribution is 0.182. The summed E-state index contributed by atoms with van der Waals surface area (Å²) in [4.78, 5) is 12.1. The third-order valence-electron chi connectivity index (χ3n) is 3.28. The van der Waals surface area contributed by atoms with Crippen molar-refractivity contribution in [2.24, 2.45) is 5.41 Å². The van der Waals surface area contributed by atoms with Crippen molar-refractivity contribution in [2.45, 2.75) is 39.8 Å². The molecule has 6 nitrogen and oxygen atoms in total. The Morgan fingerprint density at radius 2 is 2.19 bits per heavy atom. The van der Waals surface area contributed by atoms with Gasteiger partial charge < -0.3 is 15.2 Å². The molecule has 0 fully saturated rings. The smallest absolute Gasteiger partial charge is 0.287 e. The van der Waals surface area contributed by atoms with E-state index in [0.717, 1.165) is 0 Å². The Bertz CT molecular complexity index is 511. The molecule has 0 aliphatic carbocycles. The average molecular weight is 318 g/mol. The first-order valence-corrected chi connectivity index (χ1v) is 7.31. The van der Waals surface area contributed by atoms with Gasteiger partial charge in [0.15, 0.2) is 0 Å². The van der Waals surface area contributed by atoms with Gasteiger partial charge in [0.2, 0.25) is 0 Å². The van der Waals surface area contributed by atoms with Gasteiger partial charge in [0.05, 0.1) is 25.0 Å². The summed E-state index contributed by atoms with van der Waals surface area (Å²) in [5.74, 6) is 0. The van der Waals surface area contributed by atoms with Crippen LogP contribution >= 0.6 is 11.6 Å². The molecule has 0 saturated heterocycles. The van der Waals surface area contributed by atoms with Crippen molar-refractivity contribution in [2.75, 3.05) is 25.6 Å². The Morgan fingerprint density at radius 1 is 1.52 bits per heavy atom. The average Bonchev–Trinajstić information content (AvgIpc) is 2.41. The monoisotopic (exact) mass is 317 g/mol. The third-order valence-corrected chi connectivity index (χ3v) is 3.65. The molecule has 1 aromatic rings. The quantitative estimate of drug-likeness (QED) is 0.801. The van der Waals surface area contributed by atoms with E-state index in [2.05, 4.69) is 31.2 Å². The summed E-state index contributed by atoms with van der Waals surface area (Å²) in [7, 11) is 1.56. The van der Waals surface area contributed by atoms with E-state index in [4.69, 9.17) is 16.3 Å². The van der Waals surface area contributed by atoms with Gasteiger partial charge in [-0.1, -0.05) is 32.4 Å². The van der Waals surface area contributed by atoms with Crippen LogP contribution in [0.4, 0.5) is 5.69 Å². The lowest BCUT2D eigenvalue weighted by Crippen LogP contribution is -2.36. The second-order valence-electron chi connectivity index (χ2n) is 5.97. The first-order valence-electron chi connectivity index (χ1n) is 6.93. The van der Waals surface area contributed by atoms with E-state index in [1.54, 1.807) is 7.11 Å². The number of aliphatic hydroxyl groups is 1. The molecule has 1 unspecified atom stereocenters. The molecular formula is C14H24ClN3O3. The third kappa shape index (κ3) is 4.98. The lowest BCUT2D eigenvalue weighted by Gasteiger charge is -2.32. The number of hydrogen-bond donors (Lipinski definition) is 2. The number of rotatable bonds is 7. The summed E-state index contributed by atoms with van der Waals surface area (Å²) in [5, 5.41) is 16.6. The second-order valence-corrected chi connectivity index (χ2v) is 6.35. The number of ether oxygens (including phenoxy) is 1. The molecule has 0 aromatic carbocycles. The molecule has 2 N–H and O–H groups in total. The summed E-state index contributed by atoms with van der Waals surface area (Å²) in [6, 6.07) is -0.0176. The molecule has 1 rings (SSSR count). The summed E-state index contributed by atoms with van der Waals surface area (Å²) in [5.41, 5.74) is 0.0517. The van der Waals surface area contributed by atoms with Crippen molar-refractivity contribution in [3.8, 4) is 0 Å². The van der Waals surface area contributed by atoms with Gasteiger partial charge in [-0.2, -0.15) is 5.10 Å². The number of aromatic nitrogens is 2. The van der Waals surface area contributed by atoms with E-state index >= 15 is 0 Å². The van der Waals surface area contributed by atoms with Crippen LogP contribution in [-0.4, -0.2) is 41.3 Å². The summed E-state index contributed by atoms with van der Waals surface area (Å²) < 4.78 is 6.20. The number of hydrogen-bond acceptors (Lipinski definition) is 5. The number of nitrogens with one attached hydrogen (secondary N) is 1. The zero-order chi connectivity index (χ0) is 16.0. The number of halogens is 1. The van der Waals surface area contributed by atoms with E-state index in [0.29, 0.717) is 25.3 Å². The zero-order valence-corrected chi connectivity index (χ0v) is 13.8. The Labute approximate surface area is 130 Å². The van der Waals surface area contributed by atoms with Crippen LogP contribution in [0.2, 0.25) is 5.02 Å². The van der Waals surface area contributed by atoms with Gasteiger partial charge in [-0.3, -0.25) is 4.79 Å². The van der Waals surface area contributed by atoms with Gasteiger partial charge in [-0.25, -0.2) is 4.68 Å². The molecule has 21 heavy (non-hydrogen) atoms. The lowest BCUT2D eigenvalue weighted by atomic mass is 9.85. The Balaban J connectivity index is 2.98. The number of nitrogens with zero attached hydrogens (tertiary/aromatic N) is 2. The van der Waals surface area contributed by atoms with Gasteiger partial charge in [-0.05, 0) is 11.8 Å². The largest absolute Gasteiger partial charge is 0.396 e. The fourth-order valence-electron chi connectivity index (χ4n) is 1.94. The minimum atomic E-state index is -0.352. The first kappa shape index (κ1) is 17.9. The minimum absolute atomic E-state index is 0.0176. The van der Waals surface area contributed by atoms with Crippen molar-refractivity contribution in [3.63, 3.8) is 0 Å². The van der Waals surface area contributed by atoms with Crippen molar-refractivity contribution in [1.29, 1.82) is 0 Å². The van der Waals surface area contributed by atoms with E-state index in [-0.39, 0.29) is 28.6 Å². The van der Waals surface area contributed by atoms with Crippen molar-refractivity contribution >= 4 is 17.3 Å². The SMILES string of the molecule is COCCn1ncc(NC(CCO)C(C)(C)C)c(Cl)c1=O. The van der Waals surface area contributed by atoms with Crippen LogP contribution < -0.4 is 10.9 Å². The van der Waals surface area contributed by atoms with Gasteiger partial charge >= 0.3 is 0 Å². The Morgan fingerprint density at radius 3 is 2.71 bits per heavy atom. The molecule has 0 amide bonds. The van der Waals surface area contributed by atoms with Crippen molar-refractivity contribution in [3.05, 3.63) is 21.6 Å². The predicted octanol–water partition coefficient (Wildman–Crippen LogP) is 1.75. The van der Waals surface area contributed by atoms with Gasteiger partial charge in [0.1, 0.15) is 5.02 Å². The molecule has 1 aromatic heterocycles. The normalized spacial score (nSPS) is 13.2. The number of aliphatic hydroxyl groups excluding tert-OH is 1. The standard InChI is InChI=1S/C14H24ClN3O3/c1-14(2,3)11(5-7-19)17-10-9-16-18(6-8-21-4)13(20)12(10)15/h9,11,17,19H,5-8H2,1-4H3. The van der Waals surface area contributed by atoms with Gasteiger partial charge in [0, 0.05) is 19.8 Å². The first-order chi connectivity index (χ1) is 9.81. The highest BCUT2D eigenvalue weighted by Crippen LogP contribution is 2.27. The van der Waals surface area contributed by atoms with Crippen LogP contribution in [0.1, 0.15) is 27.2 Å². The summed E-state index contributed by atoms with van der Waals surface area (Å²) in [6.45, 7) is 6.98. The molecule has 120 valence electrons. The molecule has 0 bridgehead atoms. The summed E-state index contributed by atoms with van der Waals surface area (Å²) >= 11 is 6.13. The highest BCUT2D eigenvalue weighted by Gasteiger charge is 2.25. The minimum Gasteiger partial charge on any atom is -0.396 e. The molecular weight excluding hydrogens is 294 g/mol. The van der Waals surface area contributed by atoms with Crippen LogP contribution in [0.25, 0.3) is 0 Å². The Kier molecular flexibility index (Phi) is 6.64. The van der Waals surface area contributed by atoms with Crippen LogP contribution in [-0.2, 0) is 11.3 Å².